The molecule has 0 heterocycles. The van der Waals surface area contributed by atoms with Gasteiger partial charge in [-0.1, -0.05) is 42.0 Å². The topological polar surface area (TPSA) is 80.7 Å². The number of ketones is 2. The molecule has 5 heteroatoms. The van der Waals surface area contributed by atoms with Crippen LogP contribution in [0.1, 0.15) is 29.5 Å². The van der Waals surface area contributed by atoms with Gasteiger partial charge in [-0.05, 0) is 43.0 Å². The van der Waals surface area contributed by atoms with Crippen molar-refractivity contribution in [3.8, 4) is 5.75 Å². The number of hydrogen-bond donors (Lipinski definition) is 1. The predicted octanol–water partition coefficient (Wildman–Crippen LogP) is 3.19. The molecule has 0 amide bonds. The summed E-state index contributed by atoms with van der Waals surface area (Å²) >= 11 is 0. The van der Waals surface area contributed by atoms with Gasteiger partial charge >= 0.3 is 5.97 Å². The second kappa shape index (κ2) is 9.67. The largest absolute Gasteiger partial charge is 0.508 e. The highest BCUT2D eigenvalue weighted by molar-refractivity contribution is 6.17. The van der Waals surface area contributed by atoms with Crippen LogP contribution in [0.25, 0.3) is 0 Å². The van der Waals surface area contributed by atoms with Crippen molar-refractivity contribution in [1.82, 2.24) is 0 Å². The van der Waals surface area contributed by atoms with Gasteiger partial charge in [-0.15, -0.1) is 0 Å². The average Bonchev–Trinajstić information content (AvgIpc) is 2.67. The van der Waals surface area contributed by atoms with Gasteiger partial charge in [0, 0.05) is 12.8 Å². The molecule has 1 atom stereocenters. The second-order valence-electron chi connectivity index (χ2n) is 6.54. The summed E-state index contributed by atoms with van der Waals surface area (Å²) in [5.41, 5.74) is 2.95. The van der Waals surface area contributed by atoms with E-state index in [1.807, 2.05) is 31.2 Å². The molecule has 0 aliphatic heterocycles. The number of carbonyl (C=O) groups excluding carboxylic acids is 3. The van der Waals surface area contributed by atoms with Crippen molar-refractivity contribution in [2.24, 2.45) is 5.92 Å². The van der Waals surface area contributed by atoms with Crippen molar-refractivity contribution in [1.29, 1.82) is 0 Å². The van der Waals surface area contributed by atoms with Crippen LogP contribution in [0.5, 0.6) is 5.75 Å². The summed E-state index contributed by atoms with van der Waals surface area (Å²) in [4.78, 5) is 37.0. The highest BCUT2D eigenvalue weighted by Gasteiger charge is 2.33. The number of aryl methyl sites for hydroxylation is 3. The van der Waals surface area contributed by atoms with Crippen LogP contribution < -0.4 is 0 Å². The molecule has 0 spiro atoms. The van der Waals surface area contributed by atoms with E-state index in [9.17, 15) is 19.5 Å². The number of esters is 1. The summed E-state index contributed by atoms with van der Waals surface area (Å²) in [7, 11) is 1.18. The Morgan fingerprint density at radius 3 is 1.74 bits per heavy atom. The van der Waals surface area contributed by atoms with Gasteiger partial charge in [0.1, 0.15) is 5.75 Å². The first-order chi connectivity index (χ1) is 12.9. The number of Topliss-reactive ketones (excluding diaryl/α,β-unsaturated/α-hetero) is 2. The zero-order chi connectivity index (χ0) is 19.8. The lowest BCUT2D eigenvalue weighted by atomic mass is 9.91. The molecule has 0 aromatic heterocycles. The van der Waals surface area contributed by atoms with Gasteiger partial charge in [0.25, 0.3) is 0 Å². The third-order valence-corrected chi connectivity index (χ3v) is 4.46. The lowest BCUT2D eigenvalue weighted by molar-refractivity contribution is -0.153. The maximum Gasteiger partial charge on any atom is 0.323 e. The first-order valence-electron chi connectivity index (χ1n) is 8.87. The van der Waals surface area contributed by atoms with E-state index >= 15 is 0 Å². The van der Waals surface area contributed by atoms with Gasteiger partial charge in [-0.2, -0.15) is 0 Å². The standard InChI is InChI=1S/C22H24O5/c1-15-3-5-16(6-4-15)9-13-19(24)21(22(26)27-2)20(25)14-10-17-7-11-18(23)12-8-17/h3-8,11-12,21,23H,9-10,13-14H2,1-2H3. The SMILES string of the molecule is COC(=O)C(C(=O)CCc1ccc(C)cc1)C(=O)CCc1ccc(O)cc1. The van der Waals surface area contributed by atoms with Crippen LogP contribution in [-0.4, -0.2) is 29.8 Å². The van der Waals surface area contributed by atoms with E-state index < -0.39 is 23.5 Å². The molecule has 1 N–H and O–H groups in total. The molecular formula is C22H24O5. The number of aromatic hydroxyl groups is 1. The van der Waals surface area contributed by atoms with E-state index in [1.165, 1.54) is 19.2 Å². The summed E-state index contributed by atoms with van der Waals surface area (Å²) in [5, 5.41) is 9.30. The molecule has 5 nitrogen and oxygen atoms in total. The van der Waals surface area contributed by atoms with E-state index in [2.05, 4.69) is 4.74 Å². The molecule has 0 bridgehead atoms. The van der Waals surface area contributed by atoms with Gasteiger partial charge in [-0.3, -0.25) is 14.4 Å². The smallest absolute Gasteiger partial charge is 0.323 e. The Morgan fingerprint density at radius 2 is 1.30 bits per heavy atom. The molecule has 0 radical (unpaired) electrons. The van der Waals surface area contributed by atoms with E-state index in [4.69, 9.17) is 0 Å². The zero-order valence-corrected chi connectivity index (χ0v) is 15.6. The number of phenolic OH excluding ortho intramolecular Hbond substituents is 1. The Bertz CT molecular complexity index is 729. The third kappa shape index (κ3) is 6.06. The minimum absolute atomic E-state index is 0.0564. The molecule has 27 heavy (non-hydrogen) atoms. The van der Waals surface area contributed by atoms with E-state index in [1.54, 1.807) is 12.1 Å². The summed E-state index contributed by atoms with van der Waals surface area (Å²) in [6.45, 7) is 1.98. The summed E-state index contributed by atoms with van der Waals surface area (Å²) < 4.78 is 4.68. The fraction of sp³-hybridized carbons (Fsp3) is 0.318. The highest BCUT2D eigenvalue weighted by Crippen LogP contribution is 2.16. The number of benzene rings is 2. The van der Waals surface area contributed by atoms with Crippen LogP contribution in [0.3, 0.4) is 0 Å². The van der Waals surface area contributed by atoms with E-state index in [0.717, 1.165) is 16.7 Å². The van der Waals surface area contributed by atoms with Crippen molar-refractivity contribution < 1.29 is 24.2 Å². The molecule has 0 aliphatic carbocycles. The Labute approximate surface area is 159 Å². The molecule has 142 valence electrons. The van der Waals surface area contributed by atoms with Crippen LogP contribution in [-0.2, 0) is 32.0 Å². The summed E-state index contributed by atoms with van der Waals surface area (Å²) in [6.07, 6.45) is 1.02. The summed E-state index contributed by atoms with van der Waals surface area (Å²) in [5.74, 6) is -2.90. The number of carbonyl (C=O) groups is 3. The number of methoxy groups -OCH3 is 1. The fourth-order valence-corrected chi connectivity index (χ4v) is 2.80. The Hall–Kier alpha value is -2.95. The first kappa shape index (κ1) is 20.4. The Kier molecular flexibility index (Phi) is 7.29. The molecule has 0 saturated carbocycles. The van der Waals surface area contributed by atoms with Crippen LogP contribution in [0.15, 0.2) is 48.5 Å². The lowest BCUT2D eigenvalue weighted by Crippen LogP contribution is -2.33. The van der Waals surface area contributed by atoms with Crippen LogP contribution in [0.2, 0.25) is 0 Å². The molecule has 1 unspecified atom stereocenters. The van der Waals surface area contributed by atoms with Crippen molar-refractivity contribution in [3.63, 3.8) is 0 Å². The second-order valence-corrected chi connectivity index (χ2v) is 6.54. The molecule has 0 aliphatic rings. The maximum atomic E-state index is 12.5. The fourth-order valence-electron chi connectivity index (χ4n) is 2.80. The predicted molar refractivity (Wildman–Crippen MR) is 101 cm³/mol. The molecule has 2 rings (SSSR count). The van der Waals surface area contributed by atoms with E-state index in [0.29, 0.717) is 12.8 Å². The van der Waals surface area contributed by atoms with E-state index in [-0.39, 0.29) is 18.6 Å². The van der Waals surface area contributed by atoms with Crippen molar-refractivity contribution in [3.05, 3.63) is 65.2 Å². The molecule has 0 saturated heterocycles. The van der Waals surface area contributed by atoms with Crippen LogP contribution in [0.4, 0.5) is 0 Å². The molecule has 2 aromatic rings. The molecular weight excluding hydrogens is 344 g/mol. The normalized spacial score (nSPS) is 11.6. The lowest BCUT2D eigenvalue weighted by Gasteiger charge is -2.13. The van der Waals surface area contributed by atoms with Crippen molar-refractivity contribution >= 4 is 17.5 Å². The molecule has 2 aromatic carbocycles. The number of ether oxygens (including phenoxy) is 1. The quantitative estimate of drug-likeness (QED) is 0.543. The number of rotatable bonds is 9. The molecule has 0 fully saturated rings. The van der Waals surface area contributed by atoms with Crippen molar-refractivity contribution in [2.75, 3.05) is 7.11 Å². The monoisotopic (exact) mass is 368 g/mol. The Balaban J connectivity index is 1.98. The number of hydrogen-bond acceptors (Lipinski definition) is 5. The Morgan fingerprint density at radius 1 is 0.852 bits per heavy atom. The van der Waals surface area contributed by atoms with Gasteiger partial charge in [0.05, 0.1) is 7.11 Å². The zero-order valence-electron chi connectivity index (χ0n) is 15.6. The van der Waals surface area contributed by atoms with Crippen LogP contribution >= 0.6 is 0 Å². The maximum absolute atomic E-state index is 12.5. The summed E-state index contributed by atoms with van der Waals surface area (Å²) in [6, 6.07) is 14.3. The first-order valence-corrected chi connectivity index (χ1v) is 8.87. The van der Waals surface area contributed by atoms with Gasteiger partial charge in [0.15, 0.2) is 17.5 Å². The van der Waals surface area contributed by atoms with Gasteiger partial charge < -0.3 is 9.84 Å². The van der Waals surface area contributed by atoms with Gasteiger partial charge in [0.2, 0.25) is 0 Å². The minimum atomic E-state index is -1.38. The highest BCUT2D eigenvalue weighted by atomic mass is 16.5. The van der Waals surface area contributed by atoms with Gasteiger partial charge in [-0.25, -0.2) is 0 Å². The number of phenols is 1. The average molecular weight is 368 g/mol. The van der Waals surface area contributed by atoms with Crippen molar-refractivity contribution in [2.45, 2.75) is 32.6 Å². The minimum Gasteiger partial charge on any atom is -0.508 e. The third-order valence-electron chi connectivity index (χ3n) is 4.46. The van der Waals surface area contributed by atoms with Crippen LogP contribution in [0, 0.1) is 12.8 Å².